The second-order valence-corrected chi connectivity index (χ2v) is 6.00. The molecule has 0 aromatic heterocycles. The summed E-state index contributed by atoms with van der Waals surface area (Å²) in [6.07, 6.45) is 5.15. The van der Waals surface area contributed by atoms with Crippen molar-refractivity contribution in [2.24, 2.45) is 5.41 Å². The van der Waals surface area contributed by atoms with E-state index in [9.17, 15) is 0 Å². The molecule has 19 heavy (non-hydrogen) atoms. The lowest BCUT2D eigenvalue weighted by Gasteiger charge is -2.39. The molecule has 1 N–H and O–H groups in total. The van der Waals surface area contributed by atoms with Gasteiger partial charge in [0, 0.05) is 12.1 Å². The fourth-order valence-corrected chi connectivity index (χ4v) is 2.87. The van der Waals surface area contributed by atoms with Crippen LogP contribution in [0.4, 0.5) is 5.69 Å². The highest BCUT2D eigenvalue weighted by atomic mass is 16.5. The van der Waals surface area contributed by atoms with Crippen LogP contribution < -0.4 is 14.8 Å². The maximum Gasteiger partial charge on any atom is 0.145 e. The molecule has 1 aliphatic rings. The van der Waals surface area contributed by atoms with Crippen molar-refractivity contribution in [2.75, 3.05) is 19.5 Å². The minimum Gasteiger partial charge on any atom is -0.497 e. The molecule has 0 saturated heterocycles. The molecule has 0 radical (unpaired) electrons. The number of rotatable bonds is 4. The smallest absolute Gasteiger partial charge is 0.145 e. The van der Waals surface area contributed by atoms with Gasteiger partial charge in [-0.15, -0.1) is 0 Å². The summed E-state index contributed by atoms with van der Waals surface area (Å²) in [5.41, 5.74) is 1.40. The van der Waals surface area contributed by atoms with Crippen molar-refractivity contribution in [3.05, 3.63) is 18.2 Å². The first-order valence-corrected chi connectivity index (χ1v) is 7.05. The van der Waals surface area contributed by atoms with Gasteiger partial charge in [-0.1, -0.05) is 26.7 Å². The van der Waals surface area contributed by atoms with Gasteiger partial charge < -0.3 is 14.8 Å². The van der Waals surface area contributed by atoms with Gasteiger partial charge in [-0.2, -0.15) is 0 Å². The zero-order valence-corrected chi connectivity index (χ0v) is 12.5. The Morgan fingerprint density at radius 1 is 1.16 bits per heavy atom. The Kier molecular flexibility index (Phi) is 4.23. The molecule has 1 fully saturated rings. The summed E-state index contributed by atoms with van der Waals surface area (Å²) in [6, 6.07) is 6.45. The Morgan fingerprint density at radius 2 is 1.95 bits per heavy atom. The number of hydrogen-bond acceptors (Lipinski definition) is 3. The monoisotopic (exact) mass is 263 g/mol. The number of nitrogens with one attached hydrogen (secondary N) is 1. The first-order chi connectivity index (χ1) is 9.06. The molecule has 3 nitrogen and oxygen atoms in total. The molecule has 2 rings (SSSR count). The number of methoxy groups -OCH3 is 2. The molecule has 0 aliphatic heterocycles. The van der Waals surface area contributed by atoms with Crippen molar-refractivity contribution in [1.82, 2.24) is 0 Å². The van der Waals surface area contributed by atoms with E-state index in [0.29, 0.717) is 11.5 Å². The second-order valence-electron chi connectivity index (χ2n) is 6.00. The van der Waals surface area contributed by atoms with Gasteiger partial charge in [-0.05, 0) is 30.4 Å². The van der Waals surface area contributed by atoms with Crippen LogP contribution in [0.2, 0.25) is 0 Å². The van der Waals surface area contributed by atoms with E-state index in [4.69, 9.17) is 9.47 Å². The predicted molar refractivity (Wildman–Crippen MR) is 79.2 cm³/mol. The van der Waals surface area contributed by atoms with Crippen LogP contribution in [0, 0.1) is 5.41 Å². The Morgan fingerprint density at radius 3 is 2.58 bits per heavy atom. The Labute approximate surface area is 116 Å². The van der Waals surface area contributed by atoms with Crippen LogP contribution in [-0.4, -0.2) is 20.3 Å². The van der Waals surface area contributed by atoms with Crippen LogP contribution in [0.15, 0.2) is 18.2 Å². The van der Waals surface area contributed by atoms with Crippen LogP contribution in [0.3, 0.4) is 0 Å². The summed E-state index contributed by atoms with van der Waals surface area (Å²) in [5, 5.41) is 3.66. The molecular formula is C16H25NO2. The summed E-state index contributed by atoms with van der Waals surface area (Å²) >= 11 is 0. The van der Waals surface area contributed by atoms with Crippen molar-refractivity contribution in [3.63, 3.8) is 0 Å². The lowest BCUT2D eigenvalue weighted by atomic mass is 9.73. The molecule has 0 heterocycles. The first-order valence-electron chi connectivity index (χ1n) is 7.05. The summed E-state index contributed by atoms with van der Waals surface area (Å²) in [7, 11) is 3.37. The largest absolute Gasteiger partial charge is 0.497 e. The minimum atomic E-state index is 0.336. The van der Waals surface area contributed by atoms with Crippen LogP contribution in [0.25, 0.3) is 0 Å². The quantitative estimate of drug-likeness (QED) is 0.887. The molecular weight excluding hydrogens is 238 g/mol. The van der Waals surface area contributed by atoms with Crippen molar-refractivity contribution < 1.29 is 9.47 Å². The van der Waals surface area contributed by atoms with E-state index in [1.54, 1.807) is 14.2 Å². The zero-order chi connectivity index (χ0) is 13.9. The lowest BCUT2D eigenvalue weighted by Crippen LogP contribution is -2.38. The van der Waals surface area contributed by atoms with Gasteiger partial charge in [-0.25, -0.2) is 0 Å². The highest BCUT2D eigenvalue weighted by molar-refractivity contribution is 5.59. The number of hydrogen-bond donors (Lipinski definition) is 1. The number of anilines is 1. The van der Waals surface area contributed by atoms with E-state index < -0.39 is 0 Å². The van der Waals surface area contributed by atoms with Gasteiger partial charge in [-0.3, -0.25) is 0 Å². The van der Waals surface area contributed by atoms with Crippen molar-refractivity contribution >= 4 is 5.69 Å². The Balaban J connectivity index is 2.18. The van der Waals surface area contributed by atoms with Crippen molar-refractivity contribution in [2.45, 2.75) is 45.6 Å². The summed E-state index contributed by atoms with van der Waals surface area (Å²) in [4.78, 5) is 0. The summed E-state index contributed by atoms with van der Waals surface area (Å²) in [6.45, 7) is 4.69. The predicted octanol–water partition coefficient (Wildman–Crippen LogP) is 4.08. The standard InChI is InChI=1S/C16H25NO2/c1-16(2)10-6-5-7-15(16)17-13-9-8-12(18-3)11-14(13)19-4/h8-9,11,15,17H,5-7,10H2,1-4H3. The van der Waals surface area contributed by atoms with Gasteiger partial charge in [0.1, 0.15) is 11.5 Å². The fraction of sp³-hybridized carbons (Fsp3) is 0.625. The van der Waals surface area contributed by atoms with E-state index >= 15 is 0 Å². The molecule has 0 amide bonds. The molecule has 1 aromatic rings. The second kappa shape index (κ2) is 5.72. The van der Waals surface area contributed by atoms with Crippen molar-refractivity contribution in [1.29, 1.82) is 0 Å². The van der Waals surface area contributed by atoms with Gasteiger partial charge in [0.2, 0.25) is 0 Å². The fourth-order valence-electron chi connectivity index (χ4n) is 2.87. The maximum absolute atomic E-state index is 5.46. The van der Waals surface area contributed by atoms with Crippen LogP contribution in [0.1, 0.15) is 39.5 Å². The molecule has 3 heteroatoms. The summed E-state index contributed by atoms with van der Waals surface area (Å²) < 4.78 is 10.7. The SMILES string of the molecule is COc1ccc(NC2CCCCC2(C)C)c(OC)c1. The van der Waals surface area contributed by atoms with E-state index in [1.165, 1.54) is 25.7 Å². The highest BCUT2D eigenvalue weighted by Crippen LogP contribution is 2.39. The molecule has 0 spiro atoms. The van der Waals surface area contributed by atoms with Gasteiger partial charge in [0.05, 0.1) is 19.9 Å². The molecule has 1 unspecified atom stereocenters. The average Bonchev–Trinajstić information content (AvgIpc) is 2.41. The average molecular weight is 263 g/mol. The lowest BCUT2D eigenvalue weighted by molar-refractivity contribution is 0.216. The molecule has 106 valence electrons. The Hall–Kier alpha value is -1.38. The van der Waals surface area contributed by atoms with Gasteiger partial charge >= 0.3 is 0 Å². The maximum atomic E-state index is 5.46. The highest BCUT2D eigenvalue weighted by Gasteiger charge is 2.32. The normalized spacial score (nSPS) is 21.8. The third-order valence-corrected chi connectivity index (χ3v) is 4.25. The van der Waals surface area contributed by atoms with Crippen LogP contribution in [-0.2, 0) is 0 Å². The topological polar surface area (TPSA) is 30.5 Å². The molecule has 1 aromatic carbocycles. The van der Waals surface area contributed by atoms with E-state index in [-0.39, 0.29) is 0 Å². The van der Waals surface area contributed by atoms with E-state index in [1.807, 2.05) is 18.2 Å². The molecule has 1 aliphatic carbocycles. The summed E-state index contributed by atoms with van der Waals surface area (Å²) in [5.74, 6) is 1.67. The van der Waals surface area contributed by atoms with E-state index in [2.05, 4.69) is 19.2 Å². The van der Waals surface area contributed by atoms with E-state index in [0.717, 1.165) is 17.2 Å². The van der Waals surface area contributed by atoms with Crippen molar-refractivity contribution in [3.8, 4) is 11.5 Å². The Bertz CT molecular complexity index is 429. The third-order valence-electron chi connectivity index (χ3n) is 4.25. The van der Waals surface area contributed by atoms with Crippen LogP contribution in [0.5, 0.6) is 11.5 Å². The van der Waals surface area contributed by atoms with Crippen LogP contribution >= 0.6 is 0 Å². The zero-order valence-electron chi connectivity index (χ0n) is 12.5. The van der Waals surface area contributed by atoms with Gasteiger partial charge in [0.25, 0.3) is 0 Å². The number of ether oxygens (including phenoxy) is 2. The third kappa shape index (κ3) is 3.14. The number of benzene rings is 1. The molecule has 0 bridgehead atoms. The first kappa shape index (κ1) is 14.0. The molecule has 1 saturated carbocycles. The molecule has 1 atom stereocenters. The minimum absolute atomic E-state index is 0.336. The van der Waals surface area contributed by atoms with Gasteiger partial charge in [0.15, 0.2) is 0 Å².